The largest absolute Gasteiger partial charge is 0.370 e. The second-order valence-corrected chi connectivity index (χ2v) is 4.99. The summed E-state index contributed by atoms with van der Waals surface area (Å²) in [7, 11) is 0. The van der Waals surface area contributed by atoms with Crippen molar-refractivity contribution in [1.29, 1.82) is 0 Å². The summed E-state index contributed by atoms with van der Waals surface area (Å²) in [5.41, 5.74) is 11.1. The molecule has 1 aliphatic carbocycles. The lowest BCUT2D eigenvalue weighted by Gasteiger charge is -2.22. The van der Waals surface area contributed by atoms with Crippen LogP contribution < -0.4 is 16.8 Å². The molecule has 0 heterocycles. The van der Waals surface area contributed by atoms with E-state index in [4.69, 9.17) is 11.5 Å². The Labute approximate surface area is 102 Å². The molecule has 1 aliphatic rings. The molecule has 17 heavy (non-hydrogen) atoms. The first kappa shape index (κ1) is 14.0. The molecule has 3 unspecified atom stereocenters. The van der Waals surface area contributed by atoms with Gasteiger partial charge in [-0.3, -0.25) is 9.59 Å². The summed E-state index contributed by atoms with van der Waals surface area (Å²) in [6, 6.07) is -0.270. The first-order valence-corrected chi connectivity index (χ1v) is 6.35. The van der Waals surface area contributed by atoms with Crippen LogP contribution in [0.1, 0.15) is 45.4 Å². The highest BCUT2D eigenvalue weighted by Gasteiger charge is 2.27. The molecule has 1 fully saturated rings. The van der Waals surface area contributed by atoms with Gasteiger partial charge in [0, 0.05) is 18.5 Å². The van der Waals surface area contributed by atoms with Crippen molar-refractivity contribution in [2.24, 2.45) is 17.4 Å². The number of hydrogen-bond acceptors (Lipinski definition) is 3. The average molecular weight is 241 g/mol. The third kappa shape index (κ3) is 4.73. The van der Waals surface area contributed by atoms with Crippen LogP contribution in [0.15, 0.2) is 0 Å². The maximum absolute atomic E-state index is 12.0. The fourth-order valence-corrected chi connectivity index (χ4v) is 2.36. The Kier molecular flexibility index (Phi) is 5.41. The van der Waals surface area contributed by atoms with Crippen LogP contribution in [0, 0.1) is 5.92 Å². The summed E-state index contributed by atoms with van der Waals surface area (Å²) in [5, 5.41) is 2.82. The number of carbonyl (C=O) groups excluding carboxylic acids is 2. The van der Waals surface area contributed by atoms with E-state index in [0.717, 1.165) is 32.1 Å². The van der Waals surface area contributed by atoms with Crippen molar-refractivity contribution in [3.8, 4) is 0 Å². The molecule has 2 amide bonds. The van der Waals surface area contributed by atoms with Crippen molar-refractivity contribution in [2.75, 3.05) is 0 Å². The average Bonchev–Trinajstić information content (AvgIpc) is 2.41. The third-order valence-electron chi connectivity index (χ3n) is 3.30. The molecule has 1 rings (SSSR count). The van der Waals surface area contributed by atoms with Gasteiger partial charge in [-0.15, -0.1) is 0 Å². The highest BCUT2D eigenvalue weighted by Crippen LogP contribution is 2.22. The maximum atomic E-state index is 12.0. The van der Waals surface area contributed by atoms with Crippen LogP contribution in [0.3, 0.4) is 0 Å². The number of primary amides is 1. The molecule has 0 saturated heterocycles. The van der Waals surface area contributed by atoms with Crippen molar-refractivity contribution in [2.45, 2.75) is 57.5 Å². The molecule has 0 aromatic rings. The lowest BCUT2D eigenvalue weighted by atomic mass is 9.94. The van der Waals surface area contributed by atoms with E-state index in [1.165, 1.54) is 0 Å². The fourth-order valence-electron chi connectivity index (χ4n) is 2.36. The number of nitrogens with two attached hydrogens (primary N) is 2. The minimum Gasteiger partial charge on any atom is -0.370 e. The van der Waals surface area contributed by atoms with Gasteiger partial charge in [-0.2, -0.15) is 0 Å². The van der Waals surface area contributed by atoms with Gasteiger partial charge in [0.05, 0.1) is 5.92 Å². The van der Waals surface area contributed by atoms with Crippen LogP contribution in [0.2, 0.25) is 0 Å². The molecular formula is C12H23N3O2. The molecule has 5 nitrogen and oxygen atoms in total. The highest BCUT2D eigenvalue weighted by atomic mass is 16.2. The molecule has 0 aromatic heterocycles. The summed E-state index contributed by atoms with van der Waals surface area (Å²) in [5.74, 6) is -0.552. The Hall–Kier alpha value is -1.10. The van der Waals surface area contributed by atoms with Crippen molar-refractivity contribution < 1.29 is 9.59 Å². The van der Waals surface area contributed by atoms with E-state index in [9.17, 15) is 9.59 Å². The first-order valence-electron chi connectivity index (χ1n) is 6.35. The Morgan fingerprint density at radius 3 is 2.59 bits per heavy atom. The predicted octanol–water partition coefficient (Wildman–Crippen LogP) is 0.274. The zero-order valence-electron chi connectivity index (χ0n) is 10.4. The van der Waals surface area contributed by atoms with Crippen LogP contribution in [-0.4, -0.2) is 23.9 Å². The monoisotopic (exact) mass is 241 g/mol. The summed E-state index contributed by atoms with van der Waals surface area (Å²) >= 11 is 0. The van der Waals surface area contributed by atoms with Crippen molar-refractivity contribution in [3.05, 3.63) is 0 Å². The predicted molar refractivity (Wildman–Crippen MR) is 66.0 cm³/mol. The Morgan fingerprint density at radius 2 is 1.94 bits per heavy atom. The second-order valence-electron chi connectivity index (χ2n) is 4.99. The number of hydrogen-bond donors (Lipinski definition) is 3. The molecule has 0 radical (unpaired) electrons. The minimum atomic E-state index is -0.400. The molecule has 0 aliphatic heterocycles. The number of rotatable bonds is 4. The molecule has 0 spiro atoms. The molecule has 98 valence electrons. The quantitative estimate of drug-likeness (QED) is 0.616. The second kappa shape index (κ2) is 6.59. The van der Waals surface area contributed by atoms with E-state index in [-0.39, 0.29) is 30.3 Å². The van der Waals surface area contributed by atoms with Crippen molar-refractivity contribution in [3.63, 3.8) is 0 Å². The molecule has 0 bridgehead atoms. The summed E-state index contributed by atoms with van der Waals surface area (Å²) in [6.45, 7) is 1.78. The summed E-state index contributed by atoms with van der Waals surface area (Å²) < 4.78 is 0. The lowest BCUT2D eigenvalue weighted by molar-refractivity contribution is -0.126. The third-order valence-corrected chi connectivity index (χ3v) is 3.30. The minimum absolute atomic E-state index is 0.0341. The Balaban J connectivity index is 2.47. The Bertz CT molecular complexity index is 281. The number of nitrogens with one attached hydrogen (secondary N) is 1. The van der Waals surface area contributed by atoms with E-state index < -0.39 is 5.91 Å². The molecule has 0 aromatic carbocycles. The van der Waals surface area contributed by atoms with E-state index in [1.807, 2.05) is 0 Å². The van der Waals surface area contributed by atoms with E-state index >= 15 is 0 Å². The van der Waals surface area contributed by atoms with Gasteiger partial charge in [-0.1, -0.05) is 19.3 Å². The van der Waals surface area contributed by atoms with Gasteiger partial charge in [0.25, 0.3) is 0 Å². The van der Waals surface area contributed by atoms with Gasteiger partial charge in [-0.05, 0) is 19.8 Å². The van der Waals surface area contributed by atoms with Gasteiger partial charge in [0.1, 0.15) is 0 Å². The zero-order chi connectivity index (χ0) is 12.8. The molecule has 1 saturated carbocycles. The van der Waals surface area contributed by atoms with Gasteiger partial charge >= 0.3 is 0 Å². The van der Waals surface area contributed by atoms with Gasteiger partial charge in [0.15, 0.2) is 0 Å². The molecule has 3 atom stereocenters. The van der Waals surface area contributed by atoms with Crippen LogP contribution in [0.4, 0.5) is 0 Å². The molecule has 5 N–H and O–H groups in total. The smallest absolute Gasteiger partial charge is 0.224 e. The van der Waals surface area contributed by atoms with Crippen LogP contribution >= 0.6 is 0 Å². The van der Waals surface area contributed by atoms with E-state index in [1.54, 1.807) is 6.92 Å². The van der Waals surface area contributed by atoms with Gasteiger partial charge in [-0.25, -0.2) is 0 Å². The van der Waals surface area contributed by atoms with Crippen molar-refractivity contribution >= 4 is 11.8 Å². The first-order chi connectivity index (χ1) is 8.00. The fraction of sp³-hybridized carbons (Fsp3) is 0.833. The molecule has 5 heteroatoms. The summed E-state index contributed by atoms with van der Waals surface area (Å²) in [4.78, 5) is 22.7. The summed E-state index contributed by atoms with van der Waals surface area (Å²) in [6.07, 6.45) is 5.22. The Morgan fingerprint density at radius 1 is 1.29 bits per heavy atom. The van der Waals surface area contributed by atoms with Crippen LogP contribution in [0.5, 0.6) is 0 Å². The lowest BCUT2D eigenvalue weighted by Crippen LogP contribution is -2.45. The van der Waals surface area contributed by atoms with Gasteiger partial charge in [0.2, 0.25) is 11.8 Å². The SMILES string of the molecule is CC(CC(N)=O)NC(=O)C1CCCCCC1N. The van der Waals surface area contributed by atoms with E-state index in [0.29, 0.717) is 0 Å². The van der Waals surface area contributed by atoms with E-state index in [2.05, 4.69) is 5.32 Å². The zero-order valence-corrected chi connectivity index (χ0v) is 10.4. The maximum Gasteiger partial charge on any atom is 0.224 e. The molecular weight excluding hydrogens is 218 g/mol. The van der Waals surface area contributed by atoms with Crippen LogP contribution in [-0.2, 0) is 9.59 Å². The highest BCUT2D eigenvalue weighted by molar-refractivity contribution is 5.81. The van der Waals surface area contributed by atoms with Gasteiger partial charge < -0.3 is 16.8 Å². The number of amides is 2. The standard InChI is InChI=1S/C12H23N3O2/c1-8(7-11(14)16)15-12(17)9-5-3-2-4-6-10(9)13/h8-10H,2-7,13H2,1H3,(H2,14,16)(H,15,17). The number of carbonyl (C=O) groups is 2. The van der Waals surface area contributed by atoms with Crippen LogP contribution in [0.25, 0.3) is 0 Å². The van der Waals surface area contributed by atoms with Crippen molar-refractivity contribution in [1.82, 2.24) is 5.32 Å². The normalized spacial score (nSPS) is 26.9. The topological polar surface area (TPSA) is 98.2 Å².